The highest BCUT2D eigenvalue weighted by atomic mass is 16.4. The van der Waals surface area contributed by atoms with E-state index in [-0.39, 0.29) is 19.3 Å². The van der Waals surface area contributed by atoms with E-state index in [4.69, 9.17) is 10.2 Å². The smallest absolute Gasteiger partial charge is 0.307 e. The number of aliphatic carboxylic acids is 2. The summed E-state index contributed by atoms with van der Waals surface area (Å²) < 4.78 is 0. The van der Waals surface area contributed by atoms with E-state index in [1.54, 1.807) is 6.92 Å². The number of carboxylic acids is 2. The predicted molar refractivity (Wildman–Crippen MR) is 53.5 cm³/mol. The second kappa shape index (κ2) is 6.19. The van der Waals surface area contributed by atoms with E-state index in [0.29, 0.717) is 11.1 Å². The van der Waals surface area contributed by atoms with E-state index >= 15 is 0 Å². The molecule has 0 saturated carbocycles. The Hall–Kier alpha value is -1.36. The Balaban J connectivity index is 4.60. The summed E-state index contributed by atoms with van der Waals surface area (Å²) in [7, 11) is 0. The molecule has 0 aliphatic heterocycles. The normalized spacial score (nSPS) is 14.3. The van der Waals surface area contributed by atoms with Crippen LogP contribution < -0.4 is 0 Å². The minimum atomic E-state index is -1.03. The van der Waals surface area contributed by atoms with Crippen molar-refractivity contribution in [1.29, 1.82) is 0 Å². The molecule has 15 heavy (non-hydrogen) atoms. The molecule has 86 valence electrons. The Bertz CT molecular complexity index is 278. The Labute approximate surface area is 88.0 Å². The maximum absolute atomic E-state index is 10.5. The van der Waals surface area contributed by atoms with E-state index in [1.807, 2.05) is 0 Å². The van der Waals surface area contributed by atoms with Crippen molar-refractivity contribution in [1.82, 2.24) is 0 Å². The van der Waals surface area contributed by atoms with Gasteiger partial charge in [0.2, 0.25) is 0 Å². The van der Waals surface area contributed by atoms with Gasteiger partial charge in [0.25, 0.3) is 0 Å². The summed E-state index contributed by atoms with van der Waals surface area (Å²) in [6.45, 7) is 3.12. The molecule has 0 aliphatic rings. The molecule has 1 unspecified atom stereocenters. The average Bonchev–Trinajstić information content (AvgIpc) is 2.09. The highest BCUT2D eigenvalue weighted by Gasteiger charge is 2.13. The third-order valence-corrected chi connectivity index (χ3v) is 2.11. The quantitative estimate of drug-likeness (QED) is 0.576. The van der Waals surface area contributed by atoms with Crippen LogP contribution in [-0.2, 0) is 9.59 Å². The van der Waals surface area contributed by atoms with Gasteiger partial charge in [-0.25, -0.2) is 0 Å². The average molecular weight is 216 g/mol. The first-order valence-corrected chi connectivity index (χ1v) is 4.64. The SMILES string of the molecule is C/C(CCC(=O)O)=C(\CC(=O)O)C(C)O. The second-order valence-electron chi connectivity index (χ2n) is 3.45. The number of rotatable bonds is 6. The minimum Gasteiger partial charge on any atom is -0.481 e. The minimum absolute atomic E-state index is 0.0539. The fraction of sp³-hybridized carbons (Fsp3) is 0.600. The maximum Gasteiger partial charge on any atom is 0.307 e. The van der Waals surface area contributed by atoms with Gasteiger partial charge >= 0.3 is 11.9 Å². The van der Waals surface area contributed by atoms with E-state index in [9.17, 15) is 14.7 Å². The van der Waals surface area contributed by atoms with Gasteiger partial charge in [0, 0.05) is 6.42 Å². The molecule has 0 aromatic carbocycles. The van der Waals surface area contributed by atoms with Gasteiger partial charge in [-0.05, 0) is 25.8 Å². The van der Waals surface area contributed by atoms with E-state index in [1.165, 1.54) is 6.92 Å². The third-order valence-electron chi connectivity index (χ3n) is 2.11. The van der Waals surface area contributed by atoms with Crippen LogP contribution in [0.1, 0.15) is 33.1 Å². The molecule has 0 aromatic heterocycles. The van der Waals surface area contributed by atoms with Crippen molar-refractivity contribution in [3.8, 4) is 0 Å². The van der Waals surface area contributed by atoms with Gasteiger partial charge in [0.05, 0.1) is 12.5 Å². The molecule has 0 rings (SSSR count). The highest BCUT2D eigenvalue weighted by Crippen LogP contribution is 2.17. The van der Waals surface area contributed by atoms with E-state index < -0.39 is 18.0 Å². The molecule has 0 saturated heterocycles. The van der Waals surface area contributed by atoms with Gasteiger partial charge in [-0.3, -0.25) is 9.59 Å². The van der Waals surface area contributed by atoms with Crippen LogP contribution in [0, 0.1) is 0 Å². The van der Waals surface area contributed by atoms with Crippen molar-refractivity contribution >= 4 is 11.9 Å². The van der Waals surface area contributed by atoms with E-state index in [2.05, 4.69) is 0 Å². The first kappa shape index (κ1) is 13.6. The van der Waals surface area contributed by atoms with E-state index in [0.717, 1.165) is 0 Å². The highest BCUT2D eigenvalue weighted by molar-refractivity contribution is 5.71. The van der Waals surface area contributed by atoms with Crippen molar-refractivity contribution in [2.24, 2.45) is 0 Å². The fourth-order valence-electron chi connectivity index (χ4n) is 1.27. The van der Waals surface area contributed by atoms with Crippen LogP contribution in [-0.4, -0.2) is 33.4 Å². The summed E-state index contributed by atoms with van der Waals surface area (Å²) in [4.78, 5) is 20.8. The predicted octanol–water partition coefficient (Wildman–Crippen LogP) is 1.02. The largest absolute Gasteiger partial charge is 0.481 e. The van der Waals surface area contributed by atoms with Gasteiger partial charge in [0.15, 0.2) is 0 Å². The van der Waals surface area contributed by atoms with Crippen molar-refractivity contribution in [3.63, 3.8) is 0 Å². The standard InChI is InChI=1S/C10H16O5/c1-6(3-4-9(12)13)8(7(2)11)5-10(14)15/h7,11H,3-5H2,1-2H3,(H,12,13)(H,14,15)/b8-6-. The molecule has 0 aromatic rings. The molecule has 0 spiro atoms. The van der Waals surface area contributed by atoms with Gasteiger partial charge < -0.3 is 15.3 Å². The summed E-state index contributed by atoms with van der Waals surface area (Å²) in [5.74, 6) is -1.96. The molecule has 1 atom stereocenters. The van der Waals surface area contributed by atoms with Gasteiger partial charge in [-0.15, -0.1) is 0 Å². The maximum atomic E-state index is 10.5. The Morgan fingerprint density at radius 2 is 1.67 bits per heavy atom. The van der Waals surface area contributed by atoms with Crippen LogP contribution in [0.4, 0.5) is 0 Å². The van der Waals surface area contributed by atoms with Crippen LogP contribution in [0.2, 0.25) is 0 Å². The lowest BCUT2D eigenvalue weighted by atomic mass is 9.98. The van der Waals surface area contributed by atoms with Crippen LogP contribution in [0.3, 0.4) is 0 Å². The number of carbonyl (C=O) groups is 2. The Morgan fingerprint density at radius 3 is 2.00 bits per heavy atom. The molecule has 0 heterocycles. The molecule has 5 nitrogen and oxygen atoms in total. The number of aliphatic hydroxyl groups is 1. The summed E-state index contributed by atoms with van der Waals surface area (Å²) in [5, 5.41) is 26.4. The second-order valence-corrected chi connectivity index (χ2v) is 3.45. The molecule has 0 bridgehead atoms. The van der Waals surface area contributed by atoms with Gasteiger partial charge in [0.1, 0.15) is 0 Å². The third kappa shape index (κ3) is 5.85. The Morgan fingerprint density at radius 1 is 1.13 bits per heavy atom. The zero-order valence-corrected chi connectivity index (χ0v) is 8.86. The Kier molecular flexibility index (Phi) is 5.62. The molecule has 0 amide bonds. The van der Waals surface area contributed by atoms with Crippen molar-refractivity contribution in [2.75, 3.05) is 0 Å². The zero-order valence-electron chi connectivity index (χ0n) is 8.86. The first-order valence-electron chi connectivity index (χ1n) is 4.64. The first-order chi connectivity index (χ1) is 6.84. The van der Waals surface area contributed by atoms with Gasteiger partial charge in [-0.1, -0.05) is 5.57 Å². The van der Waals surface area contributed by atoms with Crippen molar-refractivity contribution in [3.05, 3.63) is 11.1 Å². The molecular formula is C10H16O5. The molecular weight excluding hydrogens is 200 g/mol. The lowest BCUT2D eigenvalue weighted by Gasteiger charge is -2.12. The van der Waals surface area contributed by atoms with Crippen LogP contribution >= 0.6 is 0 Å². The summed E-state index contributed by atoms with van der Waals surface area (Å²) in [5.41, 5.74) is 1.03. The van der Waals surface area contributed by atoms with Crippen LogP contribution in [0.15, 0.2) is 11.1 Å². The molecule has 0 radical (unpaired) electrons. The van der Waals surface area contributed by atoms with Crippen molar-refractivity contribution < 1.29 is 24.9 Å². The number of aliphatic hydroxyl groups excluding tert-OH is 1. The topological polar surface area (TPSA) is 94.8 Å². The number of hydrogen-bond acceptors (Lipinski definition) is 3. The van der Waals surface area contributed by atoms with Crippen LogP contribution in [0.25, 0.3) is 0 Å². The number of hydrogen-bond donors (Lipinski definition) is 3. The number of carboxylic acid groups (broad SMARTS) is 2. The molecule has 0 aliphatic carbocycles. The monoisotopic (exact) mass is 216 g/mol. The zero-order chi connectivity index (χ0) is 12.0. The summed E-state index contributed by atoms with van der Waals surface area (Å²) >= 11 is 0. The summed E-state index contributed by atoms with van der Waals surface area (Å²) in [6.07, 6.45) is -0.886. The fourth-order valence-corrected chi connectivity index (χ4v) is 1.27. The molecule has 0 fully saturated rings. The summed E-state index contributed by atoms with van der Waals surface area (Å²) in [6, 6.07) is 0. The van der Waals surface area contributed by atoms with Gasteiger partial charge in [-0.2, -0.15) is 0 Å². The lowest BCUT2D eigenvalue weighted by Crippen LogP contribution is -2.12. The molecule has 5 heteroatoms. The van der Waals surface area contributed by atoms with Crippen molar-refractivity contribution in [2.45, 2.75) is 39.2 Å². The number of allylic oxidation sites excluding steroid dienone is 1. The lowest BCUT2D eigenvalue weighted by molar-refractivity contribution is -0.137. The molecule has 3 N–H and O–H groups in total. The van der Waals surface area contributed by atoms with Crippen LogP contribution in [0.5, 0.6) is 0 Å².